The summed E-state index contributed by atoms with van der Waals surface area (Å²) in [4.78, 5) is 29.0. The maximum absolute atomic E-state index is 14.1. The molecule has 3 aromatic carbocycles. The van der Waals surface area contributed by atoms with Gasteiger partial charge in [-0.2, -0.15) is 0 Å². The van der Waals surface area contributed by atoms with Gasteiger partial charge in [0.05, 0.1) is 10.6 Å². The summed E-state index contributed by atoms with van der Waals surface area (Å²) >= 11 is 12.6. The van der Waals surface area contributed by atoms with Gasteiger partial charge in [0.25, 0.3) is 10.0 Å². The number of carbonyl (C=O) groups is 2. The van der Waals surface area contributed by atoms with Crippen molar-refractivity contribution in [3.63, 3.8) is 0 Å². The van der Waals surface area contributed by atoms with E-state index >= 15 is 0 Å². The number of sulfonamides is 1. The van der Waals surface area contributed by atoms with Crippen LogP contribution >= 0.6 is 23.2 Å². The predicted octanol–water partition coefficient (Wildman–Crippen LogP) is 6.53. The number of nitrogens with zero attached hydrogens (tertiary/aromatic N) is 2. The van der Waals surface area contributed by atoms with Crippen LogP contribution < -0.4 is 9.62 Å². The molecule has 41 heavy (non-hydrogen) atoms. The number of anilines is 1. The Morgan fingerprint density at radius 2 is 1.46 bits per heavy atom. The van der Waals surface area contributed by atoms with Gasteiger partial charge < -0.3 is 10.2 Å². The zero-order chi connectivity index (χ0) is 30.3. The number of rotatable bonds is 12. The number of amides is 2. The lowest BCUT2D eigenvalue weighted by atomic mass is 10.1. The molecule has 3 aromatic rings. The van der Waals surface area contributed by atoms with Gasteiger partial charge in [0.2, 0.25) is 11.8 Å². The van der Waals surface area contributed by atoms with Crippen LogP contribution in [-0.2, 0) is 26.2 Å². The van der Waals surface area contributed by atoms with E-state index in [-0.39, 0.29) is 23.4 Å². The molecule has 220 valence electrons. The molecule has 0 unspecified atom stereocenters. The van der Waals surface area contributed by atoms with Crippen molar-refractivity contribution in [3.05, 3.63) is 93.5 Å². The van der Waals surface area contributed by atoms with Crippen molar-refractivity contribution < 1.29 is 18.0 Å². The first-order chi connectivity index (χ1) is 19.4. The largest absolute Gasteiger partial charge is 0.352 e. The van der Waals surface area contributed by atoms with E-state index in [1.807, 2.05) is 34.6 Å². The summed E-state index contributed by atoms with van der Waals surface area (Å²) in [6.45, 7) is 8.90. The fraction of sp³-hybridized carbons (Fsp3) is 0.355. The molecular weight excluding hydrogens is 581 g/mol. The molecule has 3 rings (SSSR count). The third-order valence-corrected chi connectivity index (χ3v) is 9.33. The number of hydrogen-bond donors (Lipinski definition) is 1. The molecule has 0 bridgehead atoms. The molecule has 2 amide bonds. The SMILES string of the molecule is CC[C@H](C)NC(=O)[C@H](CC)N(Cc1ccc(Cl)cc1Cl)C(=O)CN(c1ccc(C)cc1)S(=O)(=O)c1ccc(C)cc1. The topological polar surface area (TPSA) is 86.8 Å². The zero-order valence-corrected chi connectivity index (χ0v) is 26.4. The average Bonchev–Trinajstić information content (AvgIpc) is 2.93. The first kappa shape index (κ1) is 32.4. The lowest BCUT2D eigenvalue weighted by molar-refractivity contribution is -0.140. The summed E-state index contributed by atoms with van der Waals surface area (Å²) in [6, 6.07) is 17.4. The molecule has 1 N–H and O–H groups in total. The molecule has 0 spiro atoms. The Hall–Kier alpha value is -3.07. The quantitative estimate of drug-likeness (QED) is 0.250. The highest BCUT2D eigenvalue weighted by Gasteiger charge is 2.34. The molecule has 2 atom stereocenters. The van der Waals surface area contributed by atoms with Crippen molar-refractivity contribution in [2.24, 2.45) is 0 Å². The minimum absolute atomic E-state index is 0.00636. The molecule has 7 nitrogen and oxygen atoms in total. The van der Waals surface area contributed by atoms with Gasteiger partial charge in [0, 0.05) is 22.6 Å². The predicted molar refractivity (Wildman–Crippen MR) is 166 cm³/mol. The van der Waals surface area contributed by atoms with Gasteiger partial charge in [-0.25, -0.2) is 8.42 Å². The molecule has 0 radical (unpaired) electrons. The van der Waals surface area contributed by atoms with E-state index in [4.69, 9.17) is 23.2 Å². The highest BCUT2D eigenvalue weighted by molar-refractivity contribution is 7.92. The second-order valence-electron chi connectivity index (χ2n) is 10.2. The van der Waals surface area contributed by atoms with Gasteiger partial charge in [-0.15, -0.1) is 0 Å². The van der Waals surface area contributed by atoms with Crippen LogP contribution in [0.1, 0.15) is 50.3 Å². The van der Waals surface area contributed by atoms with E-state index in [1.165, 1.54) is 17.0 Å². The summed E-state index contributed by atoms with van der Waals surface area (Å²) in [5.74, 6) is -0.859. The first-order valence-corrected chi connectivity index (χ1v) is 15.8. The smallest absolute Gasteiger partial charge is 0.264 e. The second-order valence-corrected chi connectivity index (χ2v) is 12.9. The van der Waals surface area contributed by atoms with Crippen molar-refractivity contribution in [1.82, 2.24) is 10.2 Å². The van der Waals surface area contributed by atoms with Crippen LogP contribution in [0.4, 0.5) is 5.69 Å². The van der Waals surface area contributed by atoms with Crippen molar-refractivity contribution in [3.8, 4) is 0 Å². The Morgan fingerprint density at radius 3 is 2.00 bits per heavy atom. The Balaban J connectivity index is 2.08. The number of carbonyl (C=O) groups excluding carboxylic acids is 2. The third kappa shape index (κ3) is 8.24. The van der Waals surface area contributed by atoms with E-state index < -0.39 is 28.5 Å². The molecular formula is C31H37Cl2N3O4S. The zero-order valence-electron chi connectivity index (χ0n) is 24.0. The van der Waals surface area contributed by atoms with Crippen LogP contribution in [0.25, 0.3) is 0 Å². The van der Waals surface area contributed by atoms with Crippen LogP contribution in [0, 0.1) is 13.8 Å². The van der Waals surface area contributed by atoms with Crippen molar-refractivity contribution in [2.45, 2.75) is 71.0 Å². The monoisotopic (exact) mass is 617 g/mol. The Bertz CT molecular complexity index is 1460. The molecule has 0 aliphatic rings. The van der Waals surface area contributed by atoms with E-state index in [0.29, 0.717) is 27.7 Å². The highest BCUT2D eigenvalue weighted by Crippen LogP contribution is 2.27. The van der Waals surface area contributed by atoms with Crippen LogP contribution in [0.2, 0.25) is 10.0 Å². The number of nitrogens with one attached hydrogen (secondary N) is 1. The Labute approximate surface area is 253 Å². The normalized spacial score (nSPS) is 12.9. The van der Waals surface area contributed by atoms with Crippen molar-refractivity contribution in [2.75, 3.05) is 10.8 Å². The van der Waals surface area contributed by atoms with Crippen LogP contribution in [0.3, 0.4) is 0 Å². The van der Waals surface area contributed by atoms with E-state index in [1.54, 1.807) is 54.6 Å². The maximum atomic E-state index is 14.1. The summed E-state index contributed by atoms with van der Waals surface area (Å²) in [5.41, 5.74) is 2.78. The highest BCUT2D eigenvalue weighted by atomic mass is 35.5. The van der Waals surface area contributed by atoms with E-state index in [0.717, 1.165) is 21.9 Å². The van der Waals surface area contributed by atoms with Crippen molar-refractivity contribution in [1.29, 1.82) is 0 Å². The minimum Gasteiger partial charge on any atom is -0.352 e. The molecule has 0 fully saturated rings. The van der Waals surface area contributed by atoms with Gasteiger partial charge in [-0.3, -0.25) is 13.9 Å². The van der Waals surface area contributed by atoms with Crippen LogP contribution in [0.15, 0.2) is 71.6 Å². The van der Waals surface area contributed by atoms with Gasteiger partial charge >= 0.3 is 0 Å². The molecule has 0 aliphatic carbocycles. The first-order valence-electron chi connectivity index (χ1n) is 13.6. The summed E-state index contributed by atoms with van der Waals surface area (Å²) in [7, 11) is -4.13. The molecule has 0 saturated carbocycles. The van der Waals surface area contributed by atoms with Gasteiger partial charge in [0.15, 0.2) is 0 Å². The molecule has 0 heterocycles. The Kier molecular flexibility index (Phi) is 11.2. The number of halogens is 2. The van der Waals surface area contributed by atoms with Crippen LogP contribution in [-0.4, -0.2) is 43.8 Å². The molecule has 0 aromatic heterocycles. The van der Waals surface area contributed by atoms with E-state index in [9.17, 15) is 18.0 Å². The number of hydrogen-bond acceptors (Lipinski definition) is 4. The molecule has 0 aliphatic heterocycles. The number of aryl methyl sites for hydroxylation is 2. The van der Waals surface area contributed by atoms with Gasteiger partial charge in [0.1, 0.15) is 12.6 Å². The average molecular weight is 619 g/mol. The van der Waals surface area contributed by atoms with Gasteiger partial charge in [-0.05, 0) is 75.6 Å². The fourth-order valence-electron chi connectivity index (χ4n) is 4.27. The van der Waals surface area contributed by atoms with Crippen LogP contribution in [0.5, 0.6) is 0 Å². The van der Waals surface area contributed by atoms with Gasteiger partial charge in [-0.1, -0.05) is 78.5 Å². The Morgan fingerprint density at radius 1 is 0.878 bits per heavy atom. The van der Waals surface area contributed by atoms with Crippen molar-refractivity contribution >= 4 is 50.7 Å². The summed E-state index contributed by atoms with van der Waals surface area (Å²) in [5, 5.41) is 3.74. The lowest BCUT2D eigenvalue weighted by Gasteiger charge is -2.34. The second kappa shape index (κ2) is 14.2. The maximum Gasteiger partial charge on any atom is 0.264 e. The summed E-state index contributed by atoms with van der Waals surface area (Å²) in [6.07, 6.45) is 1.03. The summed E-state index contributed by atoms with van der Waals surface area (Å²) < 4.78 is 29.0. The third-order valence-electron chi connectivity index (χ3n) is 6.95. The molecule has 0 saturated heterocycles. The molecule has 10 heteroatoms. The fourth-order valence-corrected chi connectivity index (χ4v) is 6.15. The lowest BCUT2D eigenvalue weighted by Crippen LogP contribution is -2.53. The standard InChI is InChI=1S/C31H37Cl2N3O4S/c1-6-23(5)34-31(38)29(7-2)35(19-24-12-13-25(32)18-28(24)33)30(37)20-36(26-14-8-21(3)9-15-26)41(39,40)27-16-10-22(4)11-17-27/h8-18,23,29H,6-7,19-20H2,1-5H3,(H,34,38)/t23-,29-/m0/s1. The number of benzene rings is 3. The minimum atomic E-state index is -4.13. The van der Waals surface area contributed by atoms with E-state index in [2.05, 4.69) is 5.32 Å².